The second-order valence-corrected chi connectivity index (χ2v) is 7.49. The minimum Gasteiger partial charge on any atom is -0.493 e. The van der Waals surface area contributed by atoms with Gasteiger partial charge in [-0.2, -0.15) is 0 Å². The summed E-state index contributed by atoms with van der Waals surface area (Å²) < 4.78 is 13.2. The number of hydrogen-bond acceptors (Lipinski definition) is 3. The third-order valence-electron chi connectivity index (χ3n) is 4.88. The van der Waals surface area contributed by atoms with Crippen LogP contribution in [0.5, 0.6) is 5.75 Å². The summed E-state index contributed by atoms with van der Waals surface area (Å²) >= 11 is 12.5. The number of furan rings is 1. The fraction of sp³-hybridized carbons (Fsp3) is 0.300. The van der Waals surface area contributed by atoms with Crippen LogP contribution in [0.3, 0.4) is 0 Å². The highest BCUT2D eigenvalue weighted by Crippen LogP contribution is 2.39. The van der Waals surface area contributed by atoms with E-state index in [-0.39, 0.29) is 5.91 Å². The SMILES string of the molecule is COc1ccc(C(=O)Nc2c(Cl)c[n+](C)cc2Cl)c2c3c(oc12)CCCC3. The van der Waals surface area contributed by atoms with Gasteiger partial charge in [0.05, 0.1) is 18.4 Å². The summed E-state index contributed by atoms with van der Waals surface area (Å²) in [6, 6.07) is 3.51. The van der Waals surface area contributed by atoms with E-state index in [0.717, 1.165) is 42.4 Å². The summed E-state index contributed by atoms with van der Waals surface area (Å²) in [4.78, 5) is 13.1. The number of benzene rings is 1. The van der Waals surface area contributed by atoms with Crippen LogP contribution in [-0.4, -0.2) is 13.0 Å². The van der Waals surface area contributed by atoms with E-state index in [9.17, 15) is 4.79 Å². The van der Waals surface area contributed by atoms with Crippen molar-refractivity contribution < 1.29 is 18.5 Å². The number of rotatable bonds is 3. The summed E-state index contributed by atoms with van der Waals surface area (Å²) in [7, 11) is 3.41. The third-order valence-corrected chi connectivity index (χ3v) is 5.45. The van der Waals surface area contributed by atoms with E-state index in [1.54, 1.807) is 36.2 Å². The number of aromatic nitrogens is 1. The normalized spacial score (nSPS) is 13.5. The maximum absolute atomic E-state index is 13.1. The number of carbonyl (C=O) groups is 1. The van der Waals surface area contributed by atoms with Gasteiger partial charge in [0.25, 0.3) is 5.91 Å². The molecule has 1 aliphatic rings. The van der Waals surface area contributed by atoms with Crippen LogP contribution in [0.2, 0.25) is 10.0 Å². The van der Waals surface area contributed by atoms with Crippen LogP contribution in [-0.2, 0) is 19.9 Å². The highest BCUT2D eigenvalue weighted by molar-refractivity contribution is 6.39. The maximum Gasteiger partial charge on any atom is 0.256 e. The first kappa shape index (κ1) is 18.1. The quantitative estimate of drug-likeness (QED) is 0.642. The van der Waals surface area contributed by atoms with Crippen molar-refractivity contribution in [3.8, 4) is 5.75 Å². The zero-order valence-corrected chi connectivity index (χ0v) is 16.6. The molecule has 2 heterocycles. The molecule has 2 aromatic heterocycles. The number of nitrogens with one attached hydrogen (secondary N) is 1. The van der Waals surface area contributed by atoms with E-state index in [2.05, 4.69) is 5.32 Å². The molecule has 0 atom stereocenters. The summed E-state index contributed by atoms with van der Waals surface area (Å²) in [5.74, 6) is 1.28. The third kappa shape index (κ3) is 3.15. The fourth-order valence-electron chi connectivity index (χ4n) is 3.63. The Morgan fingerprint density at radius 2 is 1.89 bits per heavy atom. The molecule has 0 saturated heterocycles. The first-order chi connectivity index (χ1) is 13.0. The topological polar surface area (TPSA) is 55.4 Å². The van der Waals surface area contributed by atoms with Gasteiger partial charge in [0.2, 0.25) is 0 Å². The lowest BCUT2D eigenvalue weighted by atomic mass is 9.93. The van der Waals surface area contributed by atoms with Gasteiger partial charge in [-0.15, -0.1) is 0 Å². The van der Waals surface area contributed by atoms with Crippen molar-refractivity contribution in [1.82, 2.24) is 0 Å². The number of hydrogen-bond donors (Lipinski definition) is 1. The molecule has 1 aliphatic carbocycles. The summed E-state index contributed by atoms with van der Waals surface area (Å²) in [6.45, 7) is 0. The molecule has 0 unspecified atom stereocenters. The molecule has 3 aromatic rings. The Morgan fingerprint density at radius 3 is 2.59 bits per heavy atom. The average Bonchev–Trinajstić information content (AvgIpc) is 3.03. The number of fused-ring (bicyclic) bond motifs is 3. The molecule has 0 saturated carbocycles. The number of carbonyl (C=O) groups excluding carboxylic acids is 1. The summed E-state index contributed by atoms with van der Waals surface area (Å²) in [6.07, 6.45) is 7.30. The van der Waals surface area contributed by atoms with E-state index in [4.69, 9.17) is 32.4 Å². The van der Waals surface area contributed by atoms with Gasteiger partial charge in [0.15, 0.2) is 23.7 Å². The first-order valence-electron chi connectivity index (χ1n) is 8.76. The van der Waals surface area contributed by atoms with Crippen molar-refractivity contribution >= 4 is 45.8 Å². The van der Waals surface area contributed by atoms with Crippen LogP contribution < -0.4 is 14.6 Å². The van der Waals surface area contributed by atoms with Gasteiger partial charge in [-0.1, -0.05) is 23.2 Å². The lowest BCUT2D eigenvalue weighted by Crippen LogP contribution is -2.27. The second-order valence-electron chi connectivity index (χ2n) is 6.68. The van der Waals surface area contributed by atoms with Crippen molar-refractivity contribution in [1.29, 1.82) is 0 Å². The largest absolute Gasteiger partial charge is 0.493 e. The van der Waals surface area contributed by atoms with E-state index in [1.807, 2.05) is 7.05 Å². The van der Waals surface area contributed by atoms with Gasteiger partial charge in [-0.3, -0.25) is 4.79 Å². The average molecular weight is 406 g/mol. The molecule has 5 nitrogen and oxygen atoms in total. The molecule has 0 fully saturated rings. The Labute approximate surface area is 166 Å². The summed E-state index contributed by atoms with van der Waals surface area (Å²) in [5.41, 5.74) is 2.63. The maximum atomic E-state index is 13.1. The Bertz CT molecular complexity index is 1040. The Balaban J connectivity index is 1.82. The van der Waals surface area contributed by atoms with Gasteiger partial charge in [0, 0.05) is 17.4 Å². The van der Waals surface area contributed by atoms with E-state index < -0.39 is 0 Å². The van der Waals surface area contributed by atoms with Crippen LogP contribution >= 0.6 is 23.2 Å². The van der Waals surface area contributed by atoms with Crippen molar-refractivity contribution in [2.45, 2.75) is 25.7 Å². The molecule has 0 spiro atoms. The molecule has 1 aromatic carbocycles. The van der Waals surface area contributed by atoms with Crippen molar-refractivity contribution in [2.75, 3.05) is 12.4 Å². The molecule has 140 valence electrons. The molecule has 7 heteroatoms. The van der Waals surface area contributed by atoms with Gasteiger partial charge in [-0.25, -0.2) is 4.57 Å². The van der Waals surface area contributed by atoms with Gasteiger partial charge >= 0.3 is 0 Å². The van der Waals surface area contributed by atoms with Crippen molar-refractivity contribution in [3.05, 3.63) is 51.5 Å². The number of ether oxygens (including phenoxy) is 1. The van der Waals surface area contributed by atoms with Crippen LogP contribution in [0.1, 0.15) is 34.5 Å². The molecule has 1 amide bonds. The molecule has 1 N–H and O–H groups in total. The lowest BCUT2D eigenvalue weighted by Gasteiger charge is -2.12. The molecule has 0 aliphatic heterocycles. The number of halogens is 2. The monoisotopic (exact) mass is 405 g/mol. The zero-order valence-electron chi connectivity index (χ0n) is 15.1. The first-order valence-corrected chi connectivity index (χ1v) is 9.52. The van der Waals surface area contributed by atoms with Crippen LogP contribution in [0.25, 0.3) is 11.0 Å². The molecule has 0 radical (unpaired) electrons. The number of nitrogens with zero attached hydrogens (tertiary/aromatic N) is 1. The molecule has 4 rings (SSSR count). The van der Waals surface area contributed by atoms with Gasteiger partial charge < -0.3 is 14.5 Å². The lowest BCUT2D eigenvalue weighted by molar-refractivity contribution is -0.671. The van der Waals surface area contributed by atoms with Crippen LogP contribution in [0, 0.1) is 0 Å². The highest BCUT2D eigenvalue weighted by Gasteiger charge is 2.26. The number of aryl methyl sites for hydroxylation is 3. The second kappa shape index (κ2) is 7.06. The minimum atomic E-state index is -0.283. The Kier molecular flexibility index (Phi) is 4.74. The van der Waals surface area contributed by atoms with Crippen molar-refractivity contribution in [3.63, 3.8) is 0 Å². The number of pyridine rings is 1. The zero-order chi connectivity index (χ0) is 19.1. The molecular weight excluding hydrogens is 387 g/mol. The molecule has 0 bridgehead atoms. The molecule has 27 heavy (non-hydrogen) atoms. The number of anilines is 1. The van der Waals surface area contributed by atoms with Crippen LogP contribution in [0.4, 0.5) is 5.69 Å². The van der Waals surface area contributed by atoms with Gasteiger partial charge in [-0.05, 0) is 31.4 Å². The fourth-order valence-corrected chi connectivity index (χ4v) is 4.28. The number of amides is 1. The smallest absolute Gasteiger partial charge is 0.256 e. The van der Waals surface area contributed by atoms with Gasteiger partial charge in [0.1, 0.15) is 22.9 Å². The number of methoxy groups -OCH3 is 1. The predicted molar refractivity (Wildman–Crippen MR) is 105 cm³/mol. The van der Waals surface area contributed by atoms with Crippen molar-refractivity contribution in [2.24, 2.45) is 7.05 Å². The predicted octanol–water partition coefficient (Wildman–Crippen LogP) is 4.70. The summed E-state index contributed by atoms with van der Waals surface area (Å²) in [5, 5.41) is 4.41. The Morgan fingerprint density at radius 1 is 1.19 bits per heavy atom. The molecular formula is C20H19Cl2N2O3+. The van der Waals surface area contributed by atoms with Crippen LogP contribution in [0.15, 0.2) is 28.9 Å². The van der Waals surface area contributed by atoms with E-state index in [1.165, 1.54) is 0 Å². The van der Waals surface area contributed by atoms with E-state index >= 15 is 0 Å². The minimum absolute atomic E-state index is 0.283. The highest BCUT2D eigenvalue weighted by atomic mass is 35.5. The Hall–Kier alpha value is -2.24. The standard InChI is InChI=1S/C20H18Cl2N2O3/c1-24-9-13(21)18(14(22)10-24)23-20(25)12-7-8-16(26-2)19-17(12)11-5-3-4-6-15(11)27-19/h7-10H,3-6H2,1-2H3/p+1. The van der Waals surface area contributed by atoms with E-state index in [0.29, 0.717) is 32.6 Å².